The van der Waals surface area contributed by atoms with E-state index in [1.54, 1.807) is 19.9 Å². The van der Waals surface area contributed by atoms with E-state index in [1.165, 1.54) is 32.2 Å². The Morgan fingerprint density at radius 1 is 1.23 bits per heavy atom. The highest BCUT2D eigenvalue weighted by Crippen LogP contribution is 2.46. The number of nitrogens with one attached hydrogen (secondary N) is 1. The number of halogens is 1. The molecule has 0 saturated heterocycles. The summed E-state index contributed by atoms with van der Waals surface area (Å²) in [5.74, 6) is -1.07. The summed E-state index contributed by atoms with van der Waals surface area (Å²) < 4.78 is 27.7. The van der Waals surface area contributed by atoms with Crippen molar-refractivity contribution < 1.29 is 33.4 Å². The molecular weight excluding hydrogens is 658 g/mol. The first-order valence-corrected chi connectivity index (χ1v) is 18.4. The third kappa shape index (κ3) is 5.71. The molecule has 2 aliphatic heterocycles. The number of fused-ring (bicyclic) bond motifs is 5. The van der Waals surface area contributed by atoms with Gasteiger partial charge >= 0.3 is 12.1 Å². The van der Waals surface area contributed by atoms with E-state index in [2.05, 4.69) is 5.32 Å². The van der Waals surface area contributed by atoms with Crippen LogP contribution in [0.25, 0.3) is 22.3 Å². The van der Waals surface area contributed by atoms with E-state index in [1.807, 2.05) is 34.6 Å². The Balaban J connectivity index is 1.36. The number of nitrogens with zero attached hydrogens (tertiary/aromatic N) is 2. The second kappa shape index (κ2) is 12.5. The Morgan fingerprint density at radius 3 is 2.62 bits per heavy atom. The third-order valence-corrected chi connectivity index (χ3v) is 12.9. The van der Waals surface area contributed by atoms with Crippen molar-refractivity contribution in [2.24, 2.45) is 11.3 Å². The van der Waals surface area contributed by atoms with Crippen molar-refractivity contribution in [2.45, 2.75) is 97.8 Å². The first-order valence-electron chi connectivity index (χ1n) is 16.2. The maximum absolute atomic E-state index is 15.2. The van der Waals surface area contributed by atoms with Crippen molar-refractivity contribution in [1.29, 1.82) is 0 Å². The number of amides is 1. The number of cyclic esters (lactones) is 1. The summed E-state index contributed by atoms with van der Waals surface area (Å²) in [5.41, 5.74) is 1.52. The van der Waals surface area contributed by atoms with Crippen LogP contribution in [0.2, 0.25) is 0 Å². The molecule has 0 radical (unpaired) electrons. The minimum absolute atomic E-state index is 0.00862. The van der Waals surface area contributed by atoms with E-state index < -0.39 is 40.5 Å². The zero-order valence-electron chi connectivity index (χ0n) is 28.1. The lowest BCUT2D eigenvalue weighted by atomic mass is 9.81. The highest BCUT2D eigenvalue weighted by Gasteiger charge is 2.46. The van der Waals surface area contributed by atoms with Gasteiger partial charge in [-0.2, -0.15) is 0 Å². The Hall–Kier alpha value is -3.42. The largest absolute Gasteiger partial charge is 0.458 e. The smallest absolute Gasteiger partial charge is 0.407 e. The van der Waals surface area contributed by atoms with Crippen molar-refractivity contribution in [3.05, 3.63) is 61.7 Å². The summed E-state index contributed by atoms with van der Waals surface area (Å²) in [4.78, 5) is 57.2. The van der Waals surface area contributed by atoms with Gasteiger partial charge in [-0.3, -0.25) is 9.59 Å². The molecule has 0 spiro atoms. The standard InChI is InChI=1S/C35H40FN3O7S2/c1-8-35(44)21-11-25-29-19(13-39(25)30(40)20(21)14-45-31(35)41)28-23(10-9-18-17(4)22(36)12-24(37-29)27(18)28)38-33(43)46-15-26(16(2)3)47-48-32(42)34(5,6)7/h11-12,16,23,26,44H,8-10,13-15H2,1-7H3,(H,38,43)/t23-,26-,35-/m0/s1. The fraction of sp³-hybridized carbons (Fsp3) is 0.514. The monoisotopic (exact) mass is 697 g/mol. The number of aliphatic hydroxyl groups is 1. The number of rotatable bonds is 7. The first kappa shape index (κ1) is 34.4. The van der Waals surface area contributed by atoms with Crippen LogP contribution in [0.15, 0.2) is 16.9 Å². The van der Waals surface area contributed by atoms with E-state index in [0.717, 1.165) is 16.5 Å². The number of carbonyl (C=O) groups excluding carboxylic acids is 3. The van der Waals surface area contributed by atoms with Gasteiger partial charge in [0.2, 0.25) is 5.12 Å². The van der Waals surface area contributed by atoms with Crippen molar-refractivity contribution in [3.8, 4) is 11.4 Å². The summed E-state index contributed by atoms with van der Waals surface area (Å²) >= 11 is 0. The number of esters is 1. The summed E-state index contributed by atoms with van der Waals surface area (Å²) in [6, 6.07) is 2.47. The number of aryl methyl sites for hydroxylation is 1. The molecule has 1 aliphatic carbocycles. The van der Waals surface area contributed by atoms with Gasteiger partial charge in [0, 0.05) is 28.0 Å². The second-order valence-corrected chi connectivity index (χ2v) is 16.6. The number of pyridine rings is 2. The maximum Gasteiger partial charge on any atom is 0.407 e. The molecule has 3 aliphatic rings. The topological polar surface area (TPSA) is 137 Å². The molecule has 6 rings (SSSR count). The summed E-state index contributed by atoms with van der Waals surface area (Å²) in [6.45, 7) is 13.0. The molecule has 0 unspecified atom stereocenters. The molecule has 1 aromatic carbocycles. The Bertz CT molecular complexity index is 1940. The third-order valence-electron chi connectivity index (χ3n) is 9.65. The van der Waals surface area contributed by atoms with Crippen LogP contribution in [0.5, 0.6) is 0 Å². The highest BCUT2D eigenvalue weighted by atomic mass is 33.1. The van der Waals surface area contributed by atoms with Crippen LogP contribution in [-0.2, 0) is 44.2 Å². The van der Waals surface area contributed by atoms with Crippen LogP contribution in [0.3, 0.4) is 0 Å². The Morgan fingerprint density at radius 2 is 1.96 bits per heavy atom. The van der Waals surface area contributed by atoms with Gasteiger partial charge < -0.3 is 24.5 Å². The molecule has 0 bridgehead atoms. The number of hydrogen-bond acceptors (Lipinski definition) is 10. The Labute approximate surface area is 285 Å². The minimum Gasteiger partial charge on any atom is -0.458 e. The minimum atomic E-state index is -1.98. The van der Waals surface area contributed by atoms with Crippen LogP contribution in [-0.4, -0.2) is 43.7 Å². The molecule has 4 heterocycles. The average molecular weight is 698 g/mol. The number of aromatic nitrogens is 2. The van der Waals surface area contributed by atoms with Crippen LogP contribution >= 0.6 is 21.6 Å². The average Bonchev–Trinajstić information content (AvgIpc) is 3.40. The molecule has 3 atom stereocenters. The van der Waals surface area contributed by atoms with Gasteiger partial charge in [0.25, 0.3) is 5.56 Å². The van der Waals surface area contributed by atoms with Gasteiger partial charge in [-0.25, -0.2) is 19.0 Å². The van der Waals surface area contributed by atoms with Crippen molar-refractivity contribution >= 4 is 49.7 Å². The molecule has 13 heteroatoms. The van der Waals surface area contributed by atoms with E-state index in [4.69, 9.17) is 14.5 Å². The lowest BCUT2D eigenvalue weighted by molar-refractivity contribution is -0.172. The number of alkyl carbamates (subject to hydrolysis) is 1. The van der Waals surface area contributed by atoms with E-state index >= 15 is 4.39 Å². The SMILES string of the molecule is CC[C@@]1(O)C(=O)OCc2c1cc1n(c2=O)Cc2c-1nc1cc(F)c(C)c3c1c2[C@@H](NC(=O)OC[C@H](SSC(=O)C(C)(C)C)C(C)C)CC3. The zero-order valence-corrected chi connectivity index (χ0v) is 29.7. The van der Waals surface area contributed by atoms with E-state index in [0.29, 0.717) is 40.9 Å². The molecule has 2 N–H and O–H groups in total. The fourth-order valence-corrected chi connectivity index (χ4v) is 9.63. The molecule has 256 valence electrons. The molecule has 2 aromatic heterocycles. The van der Waals surface area contributed by atoms with Gasteiger partial charge in [0.05, 0.1) is 40.3 Å². The van der Waals surface area contributed by atoms with Gasteiger partial charge in [0.1, 0.15) is 19.0 Å². The quantitative estimate of drug-likeness (QED) is 0.169. The predicted octanol–water partition coefficient (Wildman–Crippen LogP) is 6.22. The van der Waals surface area contributed by atoms with Crippen molar-refractivity contribution in [1.82, 2.24) is 14.9 Å². The van der Waals surface area contributed by atoms with Crippen molar-refractivity contribution in [3.63, 3.8) is 0 Å². The van der Waals surface area contributed by atoms with Crippen LogP contribution in [0, 0.1) is 24.1 Å². The normalized spacial score (nSPS) is 20.2. The van der Waals surface area contributed by atoms with Gasteiger partial charge in [-0.1, -0.05) is 52.3 Å². The van der Waals surface area contributed by atoms with Crippen LogP contribution < -0.4 is 10.9 Å². The zero-order chi connectivity index (χ0) is 34.9. The van der Waals surface area contributed by atoms with E-state index in [9.17, 15) is 24.3 Å². The number of hydrogen-bond donors (Lipinski definition) is 2. The predicted molar refractivity (Wildman–Crippen MR) is 183 cm³/mol. The molecule has 1 amide bonds. The highest BCUT2D eigenvalue weighted by molar-refractivity contribution is 8.82. The lowest BCUT2D eigenvalue weighted by Crippen LogP contribution is -2.44. The number of carbonyl (C=O) groups is 3. The lowest BCUT2D eigenvalue weighted by Gasteiger charge is -2.31. The van der Waals surface area contributed by atoms with Crippen LogP contribution in [0.1, 0.15) is 93.8 Å². The van der Waals surface area contributed by atoms with Gasteiger partial charge in [-0.05, 0) is 65.7 Å². The summed E-state index contributed by atoms with van der Waals surface area (Å²) in [7, 11) is 2.58. The molecule has 0 fully saturated rings. The maximum atomic E-state index is 15.2. The molecular formula is C35H40FN3O7S2. The van der Waals surface area contributed by atoms with Gasteiger partial charge in [-0.15, -0.1) is 0 Å². The van der Waals surface area contributed by atoms with Gasteiger partial charge in [0.15, 0.2) is 5.60 Å². The molecule has 48 heavy (non-hydrogen) atoms. The summed E-state index contributed by atoms with van der Waals surface area (Å²) in [6.07, 6.45) is 0.356. The fourth-order valence-electron chi connectivity index (χ4n) is 6.60. The summed E-state index contributed by atoms with van der Waals surface area (Å²) in [5, 5.41) is 15.0. The van der Waals surface area contributed by atoms with E-state index in [-0.39, 0.29) is 53.6 Å². The Kier molecular flexibility index (Phi) is 8.95. The molecule has 0 saturated carbocycles. The second-order valence-electron chi connectivity index (χ2n) is 14.1. The first-order chi connectivity index (χ1) is 22.6. The number of ether oxygens (including phenoxy) is 2. The molecule has 10 nitrogen and oxygen atoms in total. The number of benzene rings is 1. The van der Waals surface area contributed by atoms with Crippen molar-refractivity contribution in [2.75, 3.05) is 6.61 Å². The molecule has 3 aromatic rings. The van der Waals surface area contributed by atoms with Crippen LogP contribution in [0.4, 0.5) is 9.18 Å².